The van der Waals surface area contributed by atoms with Gasteiger partial charge < -0.3 is 15.8 Å². The lowest BCUT2D eigenvalue weighted by Crippen LogP contribution is -2.51. The predicted molar refractivity (Wildman–Crippen MR) is 81.9 cm³/mol. The van der Waals surface area contributed by atoms with E-state index in [4.69, 9.17) is 10.5 Å². The molecule has 1 atom stereocenters. The smallest absolute Gasteiger partial charge is 0.227 e. The molecule has 0 spiro atoms. The maximum atomic E-state index is 12.5. The number of hydrogen-bond acceptors (Lipinski definition) is 4. The molecule has 1 aliphatic rings. The van der Waals surface area contributed by atoms with Gasteiger partial charge >= 0.3 is 0 Å². The van der Waals surface area contributed by atoms with E-state index >= 15 is 0 Å². The van der Waals surface area contributed by atoms with E-state index in [2.05, 4.69) is 31.3 Å². The van der Waals surface area contributed by atoms with Crippen LogP contribution in [0.3, 0.4) is 0 Å². The van der Waals surface area contributed by atoms with Crippen molar-refractivity contribution < 1.29 is 9.53 Å². The average molecular weight is 296 g/mol. The summed E-state index contributed by atoms with van der Waals surface area (Å²) in [7, 11) is 0. The lowest BCUT2D eigenvalue weighted by atomic mass is 9.79. The maximum Gasteiger partial charge on any atom is 0.227 e. The summed E-state index contributed by atoms with van der Waals surface area (Å²) in [4.78, 5) is 15.1. The Morgan fingerprint density at radius 2 is 2.20 bits per heavy atom. The van der Waals surface area contributed by atoms with Gasteiger partial charge in [0.05, 0.1) is 5.41 Å². The third-order valence-corrected chi connectivity index (χ3v) is 5.03. The Morgan fingerprint density at radius 3 is 2.75 bits per heavy atom. The summed E-state index contributed by atoms with van der Waals surface area (Å²) in [6.45, 7) is 5.80. The van der Waals surface area contributed by atoms with Gasteiger partial charge in [-0.2, -0.15) is 0 Å². The number of carbonyl (C=O) groups is 1. The zero-order valence-electron chi connectivity index (χ0n) is 12.3. The molecular weight excluding hydrogens is 272 g/mol. The fourth-order valence-electron chi connectivity index (χ4n) is 2.61. The second kappa shape index (κ2) is 6.70. The quantitative estimate of drug-likeness (QED) is 0.871. The van der Waals surface area contributed by atoms with E-state index in [1.165, 1.54) is 9.75 Å². The summed E-state index contributed by atoms with van der Waals surface area (Å²) >= 11 is 1.79. The van der Waals surface area contributed by atoms with Crippen molar-refractivity contribution >= 4 is 17.2 Å². The van der Waals surface area contributed by atoms with Crippen molar-refractivity contribution in [3.63, 3.8) is 0 Å². The van der Waals surface area contributed by atoms with Gasteiger partial charge in [-0.15, -0.1) is 11.3 Å². The van der Waals surface area contributed by atoms with Gasteiger partial charge in [-0.1, -0.05) is 0 Å². The van der Waals surface area contributed by atoms with Crippen molar-refractivity contribution in [1.82, 2.24) is 5.32 Å². The van der Waals surface area contributed by atoms with Crippen LogP contribution in [0.5, 0.6) is 0 Å². The first-order chi connectivity index (χ1) is 9.55. The van der Waals surface area contributed by atoms with Crippen molar-refractivity contribution in [2.75, 3.05) is 19.8 Å². The van der Waals surface area contributed by atoms with Crippen LogP contribution in [-0.4, -0.2) is 31.7 Å². The van der Waals surface area contributed by atoms with Crippen LogP contribution in [0, 0.1) is 12.3 Å². The van der Waals surface area contributed by atoms with E-state index in [0.29, 0.717) is 19.8 Å². The molecule has 0 aliphatic carbocycles. The number of amides is 1. The zero-order chi connectivity index (χ0) is 14.6. The van der Waals surface area contributed by atoms with Crippen LogP contribution in [0.1, 0.15) is 29.5 Å². The molecule has 3 N–H and O–H groups in total. The van der Waals surface area contributed by atoms with Crippen LogP contribution in [0.2, 0.25) is 0 Å². The van der Waals surface area contributed by atoms with Gasteiger partial charge in [0.1, 0.15) is 0 Å². The maximum absolute atomic E-state index is 12.5. The molecule has 20 heavy (non-hydrogen) atoms. The molecule has 0 saturated carbocycles. The van der Waals surface area contributed by atoms with Crippen LogP contribution >= 0.6 is 11.3 Å². The lowest BCUT2D eigenvalue weighted by molar-refractivity contribution is -0.136. The number of nitrogens with two attached hydrogens (primary N) is 1. The number of carbonyl (C=O) groups excluding carboxylic acids is 1. The highest BCUT2D eigenvalue weighted by Gasteiger charge is 2.39. The van der Waals surface area contributed by atoms with Gasteiger partial charge in [0.2, 0.25) is 5.91 Å². The van der Waals surface area contributed by atoms with E-state index in [1.54, 1.807) is 11.3 Å². The molecule has 1 unspecified atom stereocenters. The largest absolute Gasteiger partial charge is 0.381 e. The lowest BCUT2D eigenvalue weighted by Gasteiger charge is -2.35. The van der Waals surface area contributed by atoms with Crippen LogP contribution in [0.4, 0.5) is 0 Å². The Hall–Kier alpha value is -0.910. The molecule has 1 fully saturated rings. The summed E-state index contributed by atoms with van der Waals surface area (Å²) < 4.78 is 5.35. The highest BCUT2D eigenvalue weighted by molar-refractivity contribution is 7.11. The zero-order valence-corrected chi connectivity index (χ0v) is 13.1. The minimum atomic E-state index is -0.433. The third kappa shape index (κ3) is 3.59. The van der Waals surface area contributed by atoms with Crippen molar-refractivity contribution in [2.24, 2.45) is 11.1 Å². The fourth-order valence-corrected chi connectivity index (χ4v) is 3.63. The predicted octanol–water partition coefficient (Wildman–Crippen LogP) is 1.86. The molecule has 112 valence electrons. The number of thiophene rings is 1. The average Bonchev–Trinajstić information content (AvgIpc) is 2.84. The minimum absolute atomic E-state index is 0.0871. The van der Waals surface area contributed by atoms with Gasteiger partial charge in [-0.3, -0.25) is 4.79 Å². The van der Waals surface area contributed by atoms with Crippen LogP contribution in [0.25, 0.3) is 0 Å². The molecule has 0 radical (unpaired) electrons. The molecule has 1 aliphatic heterocycles. The van der Waals surface area contributed by atoms with Gasteiger partial charge in [0.15, 0.2) is 0 Å². The van der Waals surface area contributed by atoms with Gasteiger partial charge in [-0.05, 0) is 38.8 Å². The highest BCUT2D eigenvalue weighted by Crippen LogP contribution is 2.29. The van der Waals surface area contributed by atoms with Crippen molar-refractivity contribution in [2.45, 2.75) is 39.2 Å². The summed E-state index contributed by atoms with van der Waals surface area (Å²) in [6.07, 6.45) is 2.32. The van der Waals surface area contributed by atoms with E-state index in [9.17, 15) is 4.79 Å². The molecule has 0 bridgehead atoms. The van der Waals surface area contributed by atoms with Crippen LogP contribution in [-0.2, 0) is 16.0 Å². The molecule has 1 aromatic rings. The van der Waals surface area contributed by atoms with Crippen molar-refractivity contribution in [1.29, 1.82) is 0 Å². The first-order valence-corrected chi connectivity index (χ1v) is 8.01. The van der Waals surface area contributed by atoms with Crippen LogP contribution < -0.4 is 11.1 Å². The summed E-state index contributed by atoms with van der Waals surface area (Å²) in [5, 5.41) is 3.13. The van der Waals surface area contributed by atoms with Crippen molar-refractivity contribution in [3.8, 4) is 0 Å². The molecule has 4 nitrogen and oxygen atoms in total. The SMILES string of the molecule is Cc1ccc(CC(C)NC(=O)C2(CN)CCOCC2)s1. The van der Waals surface area contributed by atoms with E-state index in [0.717, 1.165) is 19.3 Å². The molecule has 1 amide bonds. The number of ether oxygens (including phenoxy) is 1. The normalized spacial score (nSPS) is 19.6. The van der Waals surface area contributed by atoms with E-state index in [-0.39, 0.29) is 11.9 Å². The first-order valence-electron chi connectivity index (χ1n) is 7.20. The standard InChI is InChI=1S/C15H24N2O2S/c1-11(9-13-4-3-12(2)20-13)17-14(18)15(10-16)5-7-19-8-6-15/h3-4,11H,5-10,16H2,1-2H3,(H,17,18). The van der Waals surface area contributed by atoms with Crippen molar-refractivity contribution in [3.05, 3.63) is 21.9 Å². The number of hydrogen-bond donors (Lipinski definition) is 2. The third-order valence-electron chi connectivity index (χ3n) is 4.00. The summed E-state index contributed by atoms with van der Waals surface area (Å²) in [6, 6.07) is 4.39. The second-order valence-corrected chi connectivity index (χ2v) is 7.06. The Bertz CT molecular complexity index is 452. The molecule has 0 aromatic carbocycles. The van der Waals surface area contributed by atoms with Gasteiger partial charge in [0.25, 0.3) is 0 Å². The molecule has 2 rings (SSSR count). The molecule has 2 heterocycles. The molecular formula is C15H24N2O2S. The highest BCUT2D eigenvalue weighted by atomic mass is 32.1. The van der Waals surface area contributed by atoms with Gasteiger partial charge in [0, 0.05) is 42.0 Å². The molecule has 1 aromatic heterocycles. The monoisotopic (exact) mass is 296 g/mol. The Balaban J connectivity index is 1.92. The number of nitrogens with one attached hydrogen (secondary N) is 1. The summed E-state index contributed by atoms with van der Waals surface area (Å²) in [5.41, 5.74) is 5.42. The van der Waals surface area contributed by atoms with Gasteiger partial charge in [-0.25, -0.2) is 0 Å². The first kappa shape index (κ1) is 15.5. The molecule has 1 saturated heterocycles. The Labute approximate surface area is 124 Å². The van der Waals surface area contributed by atoms with E-state index < -0.39 is 5.41 Å². The van der Waals surface area contributed by atoms with E-state index in [1.807, 2.05) is 0 Å². The minimum Gasteiger partial charge on any atom is -0.381 e. The number of aryl methyl sites for hydroxylation is 1. The fraction of sp³-hybridized carbons (Fsp3) is 0.667. The summed E-state index contributed by atoms with van der Waals surface area (Å²) in [5.74, 6) is 0.0871. The topological polar surface area (TPSA) is 64.4 Å². The Kier molecular flexibility index (Phi) is 5.18. The number of rotatable bonds is 5. The van der Waals surface area contributed by atoms with Crippen LogP contribution in [0.15, 0.2) is 12.1 Å². The second-order valence-electron chi connectivity index (χ2n) is 5.69. The molecule has 5 heteroatoms. The Morgan fingerprint density at radius 1 is 1.50 bits per heavy atom.